The van der Waals surface area contributed by atoms with E-state index in [1.807, 2.05) is 0 Å². The number of rotatable bonds is 4. The zero-order valence-electron chi connectivity index (χ0n) is 9.01. The fourth-order valence-electron chi connectivity index (χ4n) is 2.20. The summed E-state index contributed by atoms with van der Waals surface area (Å²) < 4.78 is 0. The minimum Gasteiger partial charge on any atom is -0.299 e. The SMILES string of the molecule is CCCCCC1CCC(C)CC1=O. The van der Waals surface area contributed by atoms with E-state index in [0.717, 1.165) is 19.3 Å². The molecule has 1 aliphatic carbocycles. The fourth-order valence-corrected chi connectivity index (χ4v) is 2.20. The molecule has 0 spiro atoms. The minimum absolute atomic E-state index is 0.419. The van der Waals surface area contributed by atoms with Crippen LogP contribution in [0.4, 0.5) is 0 Å². The minimum atomic E-state index is 0.419. The summed E-state index contributed by atoms with van der Waals surface area (Å²) in [4.78, 5) is 11.6. The Hall–Kier alpha value is -0.330. The van der Waals surface area contributed by atoms with Gasteiger partial charge in [0.15, 0.2) is 0 Å². The summed E-state index contributed by atoms with van der Waals surface area (Å²) in [6, 6.07) is 0. The van der Waals surface area contributed by atoms with Gasteiger partial charge in [0.05, 0.1) is 0 Å². The normalized spacial score (nSPS) is 29.2. The van der Waals surface area contributed by atoms with Gasteiger partial charge in [-0.25, -0.2) is 0 Å². The maximum absolute atomic E-state index is 11.6. The number of Topliss-reactive ketones (excluding diaryl/α,β-unsaturated/α-hetero) is 1. The van der Waals surface area contributed by atoms with Crippen LogP contribution in [0, 0.1) is 11.8 Å². The first kappa shape index (κ1) is 10.7. The van der Waals surface area contributed by atoms with Gasteiger partial charge in [0.2, 0.25) is 0 Å². The molecule has 0 amide bonds. The summed E-state index contributed by atoms with van der Waals surface area (Å²) in [5, 5.41) is 0. The third-order valence-electron chi connectivity index (χ3n) is 3.17. The van der Waals surface area contributed by atoms with Gasteiger partial charge in [-0.1, -0.05) is 33.1 Å². The summed E-state index contributed by atoms with van der Waals surface area (Å²) in [7, 11) is 0. The second kappa shape index (κ2) is 5.41. The van der Waals surface area contributed by atoms with E-state index in [-0.39, 0.29) is 0 Å². The van der Waals surface area contributed by atoms with Crippen LogP contribution in [0.25, 0.3) is 0 Å². The van der Waals surface area contributed by atoms with Gasteiger partial charge < -0.3 is 0 Å². The Labute approximate surface area is 81.9 Å². The van der Waals surface area contributed by atoms with Gasteiger partial charge in [-0.05, 0) is 25.2 Å². The van der Waals surface area contributed by atoms with E-state index in [9.17, 15) is 4.79 Å². The van der Waals surface area contributed by atoms with Crippen LogP contribution >= 0.6 is 0 Å². The molecule has 1 saturated carbocycles. The van der Waals surface area contributed by atoms with Crippen LogP contribution in [0.5, 0.6) is 0 Å². The van der Waals surface area contributed by atoms with Crippen LogP contribution in [0.1, 0.15) is 58.8 Å². The largest absolute Gasteiger partial charge is 0.299 e. The maximum atomic E-state index is 11.6. The van der Waals surface area contributed by atoms with Gasteiger partial charge in [0, 0.05) is 12.3 Å². The standard InChI is InChI=1S/C12H22O/c1-3-4-5-6-11-8-7-10(2)9-12(11)13/h10-11H,3-9H2,1-2H3. The fraction of sp³-hybridized carbons (Fsp3) is 0.917. The van der Waals surface area contributed by atoms with Gasteiger partial charge in [-0.15, -0.1) is 0 Å². The molecule has 0 radical (unpaired) electrons. The quantitative estimate of drug-likeness (QED) is 0.607. The van der Waals surface area contributed by atoms with E-state index >= 15 is 0 Å². The third kappa shape index (κ3) is 3.50. The van der Waals surface area contributed by atoms with Gasteiger partial charge in [-0.2, -0.15) is 0 Å². The number of carbonyl (C=O) groups is 1. The predicted molar refractivity (Wildman–Crippen MR) is 55.7 cm³/mol. The molecule has 0 heterocycles. The molecule has 0 bridgehead atoms. The van der Waals surface area contributed by atoms with Gasteiger partial charge in [0.1, 0.15) is 5.78 Å². The van der Waals surface area contributed by atoms with Gasteiger partial charge in [-0.3, -0.25) is 4.79 Å². The third-order valence-corrected chi connectivity index (χ3v) is 3.17. The highest BCUT2D eigenvalue weighted by molar-refractivity contribution is 5.81. The first-order chi connectivity index (χ1) is 6.24. The Morgan fingerprint density at radius 3 is 2.69 bits per heavy atom. The highest BCUT2D eigenvalue weighted by atomic mass is 16.1. The van der Waals surface area contributed by atoms with E-state index in [2.05, 4.69) is 13.8 Å². The molecule has 2 unspecified atom stereocenters. The Morgan fingerprint density at radius 1 is 1.31 bits per heavy atom. The molecule has 0 aromatic heterocycles. The maximum Gasteiger partial charge on any atom is 0.136 e. The number of unbranched alkanes of at least 4 members (excludes halogenated alkanes) is 2. The summed E-state index contributed by atoms with van der Waals surface area (Å²) in [5.41, 5.74) is 0. The number of ketones is 1. The van der Waals surface area contributed by atoms with Gasteiger partial charge >= 0.3 is 0 Å². The molecule has 0 aromatic rings. The van der Waals surface area contributed by atoms with E-state index in [0.29, 0.717) is 17.6 Å². The summed E-state index contributed by atoms with van der Waals surface area (Å²) in [5.74, 6) is 1.60. The molecular formula is C12H22O. The van der Waals surface area contributed by atoms with E-state index in [4.69, 9.17) is 0 Å². The lowest BCUT2D eigenvalue weighted by Crippen LogP contribution is -2.23. The van der Waals surface area contributed by atoms with Crippen LogP contribution in [0.2, 0.25) is 0 Å². The zero-order valence-corrected chi connectivity index (χ0v) is 9.01. The molecular weight excluding hydrogens is 160 g/mol. The topological polar surface area (TPSA) is 17.1 Å². The van der Waals surface area contributed by atoms with E-state index in [1.165, 1.54) is 25.7 Å². The number of hydrogen-bond donors (Lipinski definition) is 0. The first-order valence-corrected chi connectivity index (χ1v) is 5.76. The Balaban J connectivity index is 2.22. The van der Waals surface area contributed by atoms with Crippen molar-refractivity contribution in [2.75, 3.05) is 0 Å². The molecule has 76 valence electrons. The molecule has 1 nitrogen and oxygen atoms in total. The molecule has 0 aliphatic heterocycles. The average molecular weight is 182 g/mol. The van der Waals surface area contributed by atoms with Crippen molar-refractivity contribution in [3.05, 3.63) is 0 Å². The molecule has 2 atom stereocenters. The molecule has 0 N–H and O–H groups in total. The molecule has 13 heavy (non-hydrogen) atoms. The van der Waals surface area contributed by atoms with Crippen molar-refractivity contribution in [1.29, 1.82) is 0 Å². The van der Waals surface area contributed by atoms with E-state index in [1.54, 1.807) is 0 Å². The molecule has 1 heteroatoms. The van der Waals surface area contributed by atoms with E-state index < -0.39 is 0 Å². The Kier molecular flexibility index (Phi) is 4.47. The Bertz CT molecular complexity index is 163. The second-order valence-corrected chi connectivity index (χ2v) is 4.55. The molecule has 1 rings (SSSR count). The monoisotopic (exact) mass is 182 g/mol. The summed E-state index contributed by atoms with van der Waals surface area (Å²) in [6.07, 6.45) is 8.22. The Morgan fingerprint density at radius 2 is 2.08 bits per heavy atom. The first-order valence-electron chi connectivity index (χ1n) is 5.76. The smallest absolute Gasteiger partial charge is 0.136 e. The van der Waals surface area contributed by atoms with Gasteiger partial charge in [0.25, 0.3) is 0 Å². The molecule has 0 saturated heterocycles. The van der Waals surface area contributed by atoms with Crippen LogP contribution in [0.15, 0.2) is 0 Å². The summed E-state index contributed by atoms with van der Waals surface area (Å²) >= 11 is 0. The van der Waals surface area contributed by atoms with Crippen molar-refractivity contribution in [2.24, 2.45) is 11.8 Å². The predicted octanol–water partition coefficient (Wildman–Crippen LogP) is 3.57. The van der Waals surface area contributed by atoms with Crippen molar-refractivity contribution >= 4 is 5.78 Å². The second-order valence-electron chi connectivity index (χ2n) is 4.55. The number of carbonyl (C=O) groups excluding carboxylic acids is 1. The summed E-state index contributed by atoms with van der Waals surface area (Å²) in [6.45, 7) is 4.41. The van der Waals surface area contributed by atoms with Crippen LogP contribution in [-0.4, -0.2) is 5.78 Å². The zero-order chi connectivity index (χ0) is 9.68. The lowest BCUT2D eigenvalue weighted by atomic mass is 9.79. The van der Waals surface area contributed by atoms with Crippen LogP contribution in [-0.2, 0) is 4.79 Å². The average Bonchev–Trinajstić information content (AvgIpc) is 2.09. The van der Waals surface area contributed by atoms with Crippen molar-refractivity contribution in [3.8, 4) is 0 Å². The van der Waals surface area contributed by atoms with Crippen molar-refractivity contribution in [3.63, 3.8) is 0 Å². The molecule has 0 aromatic carbocycles. The number of hydrogen-bond acceptors (Lipinski definition) is 1. The van der Waals surface area contributed by atoms with Crippen molar-refractivity contribution < 1.29 is 4.79 Å². The highest BCUT2D eigenvalue weighted by Gasteiger charge is 2.25. The van der Waals surface area contributed by atoms with Crippen molar-refractivity contribution in [2.45, 2.75) is 58.8 Å². The highest BCUT2D eigenvalue weighted by Crippen LogP contribution is 2.28. The lowest BCUT2D eigenvalue weighted by Gasteiger charge is -2.24. The molecule has 1 aliphatic rings. The van der Waals surface area contributed by atoms with Crippen LogP contribution in [0.3, 0.4) is 0 Å². The molecule has 1 fully saturated rings. The van der Waals surface area contributed by atoms with Crippen molar-refractivity contribution in [1.82, 2.24) is 0 Å². The lowest BCUT2D eigenvalue weighted by molar-refractivity contribution is -0.126. The van der Waals surface area contributed by atoms with Crippen LogP contribution < -0.4 is 0 Å².